The molecule has 2 nitrogen and oxygen atoms in total. The normalized spacial score (nSPS) is 33.4. The van der Waals surface area contributed by atoms with Gasteiger partial charge >= 0.3 is 0 Å². The molecule has 0 aliphatic heterocycles. The van der Waals surface area contributed by atoms with E-state index in [2.05, 4.69) is 29.7 Å². The van der Waals surface area contributed by atoms with Gasteiger partial charge in [-0.15, -0.1) is 0 Å². The lowest BCUT2D eigenvalue weighted by molar-refractivity contribution is 0.208. The average Bonchev–Trinajstić information content (AvgIpc) is 2.76. The van der Waals surface area contributed by atoms with Gasteiger partial charge in [-0.2, -0.15) is 0 Å². The third kappa shape index (κ3) is 2.02. The lowest BCUT2D eigenvalue weighted by Gasteiger charge is -2.34. The SMILES string of the molecule is CC1CCC(n2cnc3c2CCCC3)CC1C. The summed E-state index contributed by atoms with van der Waals surface area (Å²) in [5, 5.41) is 0. The van der Waals surface area contributed by atoms with Crippen molar-refractivity contribution in [2.24, 2.45) is 11.8 Å². The summed E-state index contributed by atoms with van der Waals surface area (Å²) >= 11 is 0. The molecule has 1 heterocycles. The molecule has 0 N–H and O–H groups in total. The van der Waals surface area contributed by atoms with Crippen LogP contribution in [0.1, 0.15) is 63.4 Å². The number of hydrogen-bond acceptors (Lipinski definition) is 1. The van der Waals surface area contributed by atoms with Gasteiger partial charge in [0.05, 0.1) is 12.0 Å². The molecule has 0 radical (unpaired) electrons. The Kier molecular flexibility index (Phi) is 2.97. The fraction of sp³-hybridized carbons (Fsp3) is 0.800. The molecule has 1 saturated carbocycles. The molecule has 2 heteroatoms. The number of rotatable bonds is 1. The van der Waals surface area contributed by atoms with E-state index in [9.17, 15) is 0 Å². The number of nitrogens with zero attached hydrogens (tertiary/aromatic N) is 2. The summed E-state index contributed by atoms with van der Waals surface area (Å²) < 4.78 is 2.52. The summed E-state index contributed by atoms with van der Waals surface area (Å²) in [5.74, 6) is 1.78. The standard InChI is InChI=1S/C15H24N2/c1-11-7-8-13(9-12(11)2)17-10-16-14-5-3-4-6-15(14)17/h10-13H,3-9H2,1-2H3. The van der Waals surface area contributed by atoms with Crippen LogP contribution >= 0.6 is 0 Å². The summed E-state index contributed by atoms with van der Waals surface area (Å²) in [6.07, 6.45) is 11.4. The van der Waals surface area contributed by atoms with Crippen LogP contribution in [-0.4, -0.2) is 9.55 Å². The van der Waals surface area contributed by atoms with Crippen molar-refractivity contribution in [3.8, 4) is 0 Å². The highest BCUT2D eigenvalue weighted by molar-refractivity contribution is 5.17. The van der Waals surface area contributed by atoms with E-state index in [-0.39, 0.29) is 0 Å². The van der Waals surface area contributed by atoms with Crippen molar-refractivity contribution >= 4 is 0 Å². The first-order valence-corrected chi connectivity index (χ1v) is 7.30. The van der Waals surface area contributed by atoms with Gasteiger partial charge in [-0.3, -0.25) is 0 Å². The number of hydrogen-bond donors (Lipinski definition) is 0. The molecular weight excluding hydrogens is 208 g/mol. The second kappa shape index (κ2) is 4.47. The Hall–Kier alpha value is -0.790. The van der Waals surface area contributed by atoms with Crippen molar-refractivity contribution in [2.45, 2.75) is 64.8 Å². The third-order valence-corrected chi connectivity index (χ3v) is 5.02. The fourth-order valence-electron chi connectivity index (χ4n) is 3.58. The van der Waals surface area contributed by atoms with Gasteiger partial charge in [0.1, 0.15) is 0 Å². The van der Waals surface area contributed by atoms with Gasteiger partial charge in [0.25, 0.3) is 0 Å². The molecule has 3 atom stereocenters. The van der Waals surface area contributed by atoms with Crippen LogP contribution in [0, 0.1) is 11.8 Å². The zero-order chi connectivity index (χ0) is 11.8. The smallest absolute Gasteiger partial charge is 0.0954 e. The Bertz CT molecular complexity index is 394. The lowest BCUT2D eigenvalue weighted by atomic mass is 9.79. The first-order chi connectivity index (χ1) is 8.25. The van der Waals surface area contributed by atoms with Gasteiger partial charge in [0.2, 0.25) is 0 Å². The summed E-state index contributed by atoms with van der Waals surface area (Å²) in [7, 11) is 0. The molecule has 94 valence electrons. The fourth-order valence-corrected chi connectivity index (χ4v) is 3.58. The largest absolute Gasteiger partial charge is 0.331 e. The Morgan fingerprint density at radius 1 is 1.12 bits per heavy atom. The van der Waals surface area contributed by atoms with Gasteiger partial charge in [0.15, 0.2) is 0 Å². The average molecular weight is 232 g/mol. The van der Waals surface area contributed by atoms with Gasteiger partial charge < -0.3 is 4.57 Å². The van der Waals surface area contributed by atoms with Crippen molar-refractivity contribution in [1.29, 1.82) is 0 Å². The van der Waals surface area contributed by atoms with E-state index in [0.717, 1.165) is 17.9 Å². The topological polar surface area (TPSA) is 17.8 Å². The Balaban J connectivity index is 1.82. The molecule has 17 heavy (non-hydrogen) atoms. The van der Waals surface area contributed by atoms with E-state index in [4.69, 9.17) is 0 Å². The second-order valence-electron chi connectivity index (χ2n) is 6.17. The molecule has 0 spiro atoms. The maximum absolute atomic E-state index is 4.64. The Morgan fingerprint density at radius 3 is 2.76 bits per heavy atom. The Labute approximate surface area is 104 Å². The van der Waals surface area contributed by atoms with Crippen molar-refractivity contribution in [3.63, 3.8) is 0 Å². The van der Waals surface area contributed by atoms with E-state index in [1.807, 2.05) is 0 Å². The van der Waals surface area contributed by atoms with Crippen molar-refractivity contribution in [3.05, 3.63) is 17.7 Å². The van der Waals surface area contributed by atoms with E-state index in [0.29, 0.717) is 0 Å². The van der Waals surface area contributed by atoms with Gasteiger partial charge in [-0.1, -0.05) is 13.8 Å². The molecule has 1 aromatic rings. The predicted octanol–water partition coefficient (Wildman–Crippen LogP) is 3.76. The molecule has 0 bridgehead atoms. The van der Waals surface area contributed by atoms with Crippen molar-refractivity contribution in [2.75, 3.05) is 0 Å². The summed E-state index contributed by atoms with van der Waals surface area (Å²) in [6.45, 7) is 4.82. The number of imidazole rings is 1. The first-order valence-electron chi connectivity index (χ1n) is 7.30. The predicted molar refractivity (Wildman–Crippen MR) is 70.1 cm³/mol. The minimum absolute atomic E-state index is 0.732. The number of aromatic nitrogens is 2. The van der Waals surface area contributed by atoms with E-state index in [1.54, 1.807) is 5.69 Å². The van der Waals surface area contributed by atoms with Crippen LogP contribution < -0.4 is 0 Å². The molecule has 3 unspecified atom stereocenters. The van der Waals surface area contributed by atoms with E-state index >= 15 is 0 Å². The minimum atomic E-state index is 0.732. The second-order valence-corrected chi connectivity index (χ2v) is 6.17. The third-order valence-electron chi connectivity index (χ3n) is 5.02. The molecule has 1 fully saturated rings. The minimum Gasteiger partial charge on any atom is -0.331 e. The molecule has 1 aromatic heterocycles. The van der Waals surface area contributed by atoms with Crippen molar-refractivity contribution in [1.82, 2.24) is 9.55 Å². The highest BCUT2D eigenvalue weighted by atomic mass is 15.1. The van der Waals surface area contributed by atoms with E-state index < -0.39 is 0 Å². The van der Waals surface area contributed by atoms with Crippen molar-refractivity contribution < 1.29 is 0 Å². The van der Waals surface area contributed by atoms with Crippen LogP contribution in [-0.2, 0) is 12.8 Å². The number of aryl methyl sites for hydroxylation is 1. The van der Waals surface area contributed by atoms with Crippen LogP contribution in [0.2, 0.25) is 0 Å². The Morgan fingerprint density at radius 2 is 1.94 bits per heavy atom. The lowest BCUT2D eigenvalue weighted by Crippen LogP contribution is -2.24. The van der Waals surface area contributed by atoms with Crippen LogP contribution in [0.25, 0.3) is 0 Å². The van der Waals surface area contributed by atoms with E-state index in [1.165, 1.54) is 50.6 Å². The van der Waals surface area contributed by atoms with Crippen LogP contribution in [0.4, 0.5) is 0 Å². The summed E-state index contributed by atoms with van der Waals surface area (Å²) in [5.41, 5.74) is 2.95. The molecule has 0 saturated heterocycles. The molecule has 3 rings (SSSR count). The molecule has 2 aliphatic carbocycles. The first kappa shape index (κ1) is 11.3. The molecule has 2 aliphatic rings. The number of fused-ring (bicyclic) bond motifs is 1. The molecule has 0 aromatic carbocycles. The maximum atomic E-state index is 4.64. The maximum Gasteiger partial charge on any atom is 0.0954 e. The summed E-state index contributed by atoms with van der Waals surface area (Å²) in [6, 6.07) is 0.732. The van der Waals surface area contributed by atoms with Crippen LogP contribution in [0.3, 0.4) is 0 Å². The van der Waals surface area contributed by atoms with Crippen LogP contribution in [0.15, 0.2) is 6.33 Å². The molecule has 0 amide bonds. The summed E-state index contributed by atoms with van der Waals surface area (Å²) in [4.78, 5) is 4.64. The zero-order valence-corrected chi connectivity index (χ0v) is 11.2. The zero-order valence-electron chi connectivity index (χ0n) is 11.2. The van der Waals surface area contributed by atoms with Gasteiger partial charge in [0, 0.05) is 11.7 Å². The van der Waals surface area contributed by atoms with Crippen LogP contribution in [0.5, 0.6) is 0 Å². The molecular formula is C15H24N2. The van der Waals surface area contributed by atoms with Gasteiger partial charge in [-0.05, 0) is 56.8 Å². The van der Waals surface area contributed by atoms with Gasteiger partial charge in [-0.25, -0.2) is 4.98 Å². The monoisotopic (exact) mass is 232 g/mol. The highest BCUT2D eigenvalue weighted by Gasteiger charge is 2.28. The highest BCUT2D eigenvalue weighted by Crippen LogP contribution is 2.37. The quantitative estimate of drug-likeness (QED) is 0.721.